The summed E-state index contributed by atoms with van der Waals surface area (Å²) in [4.78, 5) is 36.3. The zero-order valence-corrected chi connectivity index (χ0v) is 22.4. The molecule has 2 aromatic heterocycles. The summed E-state index contributed by atoms with van der Waals surface area (Å²) in [6.45, 7) is 6.68. The first-order chi connectivity index (χ1) is 18.2. The summed E-state index contributed by atoms with van der Waals surface area (Å²) in [7, 11) is 0. The Kier molecular flexibility index (Phi) is 7.23. The second-order valence-corrected chi connectivity index (χ2v) is 11.4. The molecule has 1 atom stereocenters. The lowest BCUT2D eigenvalue weighted by Gasteiger charge is -2.34. The predicted molar refractivity (Wildman–Crippen MR) is 146 cm³/mol. The van der Waals surface area contributed by atoms with Crippen LogP contribution in [0.25, 0.3) is 22.3 Å². The fourth-order valence-electron chi connectivity index (χ4n) is 5.42. The molecule has 1 aliphatic heterocycles. The van der Waals surface area contributed by atoms with E-state index in [1.54, 1.807) is 4.90 Å². The van der Waals surface area contributed by atoms with Crippen molar-refractivity contribution in [3.05, 3.63) is 36.2 Å². The van der Waals surface area contributed by atoms with Gasteiger partial charge in [0, 0.05) is 30.3 Å². The molecule has 0 spiro atoms. The fourth-order valence-corrected chi connectivity index (χ4v) is 5.42. The maximum Gasteiger partial charge on any atom is 0.410 e. The van der Waals surface area contributed by atoms with Crippen LogP contribution in [-0.2, 0) is 4.74 Å². The van der Waals surface area contributed by atoms with Gasteiger partial charge in [-0.1, -0.05) is 31.4 Å². The summed E-state index contributed by atoms with van der Waals surface area (Å²) in [5.74, 6) is 0.250. The fraction of sp³-hybridized carbons (Fsp3) is 0.536. The van der Waals surface area contributed by atoms with Crippen molar-refractivity contribution >= 4 is 28.9 Å². The molecule has 2 amide bonds. The van der Waals surface area contributed by atoms with E-state index in [4.69, 9.17) is 15.6 Å². The molecule has 38 heavy (non-hydrogen) atoms. The lowest BCUT2D eigenvalue weighted by Crippen LogP contribution is -2.43. The van der Waals surface area contributed by atoms with Crippen molar-refractivity contribution in [1.82, 2.24) is 30.0 Å². The first-order valence-corrected chi connectivity index (χ1v) is 13.6. The maximum atomic E-state index is 13.0. The minimum Gasteiger partial charge on any atom is -0.444 e. The highest BCUT2D eigenvalue weighted by Gasteiger charge is 2.31. The number of likely N-dealkylation sites (tertiary alicyclic amines) is 1. The van der Waals surface area contributed by atoms with Crippen molar-refractivity contribution in [2.24, 2.45) is 0 Å². The third kappa shape index (κ3) is 5.58. The number of carbonyl (C=O) groups is 2. The Labute approximate surface area is 222 Å². The third-order valence-corrected chi connectivity index (χ3v) is 7.25. The van der Waals surface area contributed by atoms with Crippen LogP contribution in [0.5, 0.6) is 0 Å². The van der Waals surface area contributed by atoms with Crippen LogP contribution in [0.3, 0.4) is 0 Å². The van der Waals surface area contributed by atoms with Crippen molar-refractivity contribution in [3.8, 4) is 11.3 Å². The van der Waals surface area contributed by atoms with Gasteiger partial charge in [-0.15, -0.1) is 0 Å². The second-order valence-electron chi connectivity index (χ2n) is 11.4. The van der Waals surface area contributed by atoms with Gasteiger partial charge in [-0.25, -0.2) is 19.4 Å². The van der Waals surface area contributed by atoms with Gasteiger partial charge < -0.3 is 20.7 Å². The van der Waals surface area contributed by atoms with E-state index >= 15 is 0 Å². The minimum absolute atomic E-state index is 0.0769. The van der Waals surface area contributed by atoms with Crippen LogP contribution >= 0.6 is 0 Å². The number of rotatable bonds is 4. The van der Waals surface area contributed by atoms with E-state index in [1.807, 2.05) is 49.7 Å². The standard InChI is InChI=1S/C28H37N7O3/c1-28(2,3)38-27(37)34-14-8-13-21(16-34)35-25-22(24(29)30-17-31-25)23(33-35)18-9-7-10-19(15-18)26(36)32-20-11-5-4-6-12-20/h7,9-10,15,17,20-21H,4-6,8,11-14,16H2,1-3H3,(H,32,36)(H2,29,30,31). The van der Waals surface area contributed by atoms with Gasteiger partial charge >= 0.3 is 6.09 Å². The molecule has 1 aromatic carbocycles. The van der Waals surface area contributed by atoms with Gasteiger partial charge in [0.15, 0.2) is 5.65 Å². The van der Waals surface area contributed by atoms with Crippen molar-refractivity contribution in [1.29, 1.82) is 0 Å². The Morgan fingerprint density at radius 2 is 1.87 bits per heavy atom. The van der Waals surface area contributed by atoms with Crippen LogP contribution in [0.1, 0.15) is 82.1 Å². The Hall–Kier alpha value is -3.69. The number of hydrogen-bond acceptors (Lipinski definition) is 7. The molecule has 5 rings (SSSR count). The van der Waals surface area contributed by atoms with Crippen molar-refractivity contribution in [2.45, 2.75) is 83.4 Å². The number of benzene rings is 1. The summed E-state index contributed by atoms with van der Waals surface area (Å²) in [5, 5.41) is 8.78. The monoisotopic (exact) mass is 519 g/mol. The molecule has 2 aliphatic rings. The molecule has 10 nitrogen and oxygen atoms in total. The van der Waals surface area contributed by atoms with Crippen molar-refractivity contribution in [2.75, 3.05) is 18.8 Å². The Bertz CT molecular complexity index is 1320. The molecule has 3 aromatic rings. The normalized spacial score (nSPS) is 18.9. The lowest BCUT2D eigenvalue weighted by atomic mass is 9.95. The topological polar surface area (TPSA) is 128 Å². The molecule has 3 heterocycles. The van der Waals surface area contributed by atoms with Gasteiger partial charge in [-0.2, -0.15) is 5.10 Å². The molecule has 1 saturated heterocycles. The zero-order valence-electron chi connectivity index (χ0n) is 22.4. The highest BCUT2D eigenvalue weighted by Crippen LogP contribution is 2.34. The van der Waals surface area contributed by atoms with Crippen LogP contribution < -0.4 is 11.1 Å². The smallest absolute Gasteiger partial charge is 0.410 e. The number of nitrogens with two attached hydrogens (primary N) is 1. The van der Waals surface area contributed by atoms with Gasteiger partial charge in [0.05, 0.1) is 11.4 Å². The molecule has 3 N–H and O–H groups in total. The van der Waals surface area contributed by atoms with E-state index in [0.29, 0.717) is 41.2 Å². The van der Waals surface area contributed by atoms with Crippen LogP contribution in [0.4, 0.5) is 10.6 Å². The molecule has 2 fully saturated rings. The number of anilines is 1. The first-order valence-electron chi connectivity index (χ1n) is 13.6. The number of ether oxygens (including phenoxy) is 1. The van der Waals surface area contributed by atoms with Crippen LogP contribution in [0.15, 0.2) is 30.6 Å². The van der Waals surface area contributed by atoms with Gasteiger partial charge in [0.25, 0.3) is 5.91 Å². The summed E-state index contributed by atoms with van der Waals surface area (Å²) < 4.78 is 7.46. The summed E-state index contributed by atoms with van der Waals surface area (Å²) >= 11 is 0. The van der Waals surface area contributed by atoms with E-state index in [0.717, 1.165) is 44.1 Å². The number of nitrogen functional groups attached to an aromatic ring is 1. The average Bonchev–Trinajstić information content (AvgIpc) is 3.30. The maximum absolute atomic E-state index is 13.0. The van der Waals surface area contributed by atoms with E-state index < -0.39 is 5.60 Å². The lowest BCUT2D eigenvalue weighted by molar-refractivity contribution is 0.0169. The molecule has 1 aliphatic carbocycles. The van der Waals surface area contributed by atoms with Crippen LogP contribution in [0, 0.1) is 0 Å². The number of carbonyl (C=O) groups excluding carboxylic acids is 2. The number of hydrogen-bond donors (Lipinski definition) is 2. The van der Waals surface area contributed by atoms with Gasteiger partial charge in [-0.05, 0) is 58.6 Å². The molecule has 0 bridgehead atoms. The number of nitrogens with one attached hydrogen (secondary N) is 1. The van der Waals surface area contributed by atoms with Gasteiger partial charge in [-0.3, -0.25) is 4.79 Å². The Morgan fingerprint density at radius 3 is 2.63 bits per heavy atom. The predicted octanol–water partition coefficient (Wildman–Crippen LogP) is 4.71. The van der Waals surface area contributed by atoms with Crippen LogP contribution in [0.2, 0.25) is 0 Å². The van der Waals surface area contributed by atoms with E-state index in [-0.39, 0.29) is 24.1 Å². The molecule has 202 valence electrons. The quantitative estimate of drug-likeness (QED) is 0.511. The summed E-state index contributed by atoms with van der Waals surface area (Å²) in [6, 6.07) is 7.58. The van der Waals surface area contributed by atoms with Crippen LogP contribution in [-0.4, -0.2) is 61.4 Å². The van der Waals surface area contributed by atoms with E-state index in [1.165, 1.54) is 12.7 Å². The molecule has 1 saturated carbocycles. The van der Waals surface area contributed by atoms with Crippen molar-refractivity contribution < 1.29 is 14.3 Å². The number of fused-ring (bicyclic) bond motifs is 1. The molecular formula is C28H37N7O3. The zero-order chi connectivity index (χ0) is 26.9. The second kappa shape index (κ2) is 10.6. The van der Waals surface area contributed by atoms with Crippen molar-refractivity contribution in [3.63, 3.8) is 0 Å². The van der Waals surface area contributed by atoms with Gasteiger partial charge in [0.2, 0.25) is 0 Å². The molecule has 0 radical (unpaired) electrons. The minimum atomic E-state index is -0.564. The van der Waals surface area contributed by atoms with Gasteiger partial charge in [0.1, 0.15) is 23.4 Å². The molecule has 1 unspecified atom stereocenters. The van der Waals surface area contributed by atoms with E-state index in [2.05, 4.69) is 15.3 Å². The summed E-state index contributed by atoms with van der Waals surface area (Å²) in [6.07, 6.45) is 8.35. The molecule has 10 heteroatoms. The molecular weight excluding hydrogens is 482 g/mol. The number of amides is 2. The first kappa shape index (κ1) is 25.9. The van der Waals surface area contributed by atoms with E-state index in [9.17, 15) is 9.59 Å². The SMILES string of the molecule is CC(C)(C)OC(=O)N1CCCC(n2nc(-c3cccc(C(=O)NC4CCCCC4)c3)c3c(N)ncnc32)C1. The Morgan fingerprint density at radius 1 is 1.08 bits per heavy atom. The highest BCUT2D eigenvalue weighted by atomic mass is 16.6. The Balaban J connectivity index is 1.45. The number of aromatic nitrogens is 4. The third-order valence-electron chi connectivity index (χ3n) is 7.25. The largest absolute Gasteiger partial charge is 0.444 e. The number of piperidine rings is 1. The number of nitrogens with zero attached hydrogens (tertiary/aromatic N) is 5. The summed E-state index contributed by atoms with van der Waals surface area (Å²) in [5.41, 5.74) is 8.36. The highest BCUT2D eigenvalue weighted by molar-refractivity contribution is 6.00. The average molecular weight is 520 g/mol.